The minimum absolute atomic E-state index is 0.613. The van der Waals surface area contributed by atoms with Crippen molar-refractivity contribution in [2.24, 2.45) is 5.10 Å². The summed E-state index contributed by atoms with van der Waals surface area (Å²) in [7, 11) is 4.84. The Morgan fingerprint density at radius 2 is 1.96 bits per heavy atom. The second-order valence-electron chi connectivity index (χ2n) is 5.37. The molecule has 140 valence electrons. The molecule has 0 saturated carbocycles. The number of benzene rings is 2. The van der Waals surface area contributed by atoms with Crippen LogP contribution < -0.4 is 19.6 Å². The van der Waals surface area contributed by atoms with Gasteiger partial charge in [-0.25, -0.2) is 4.98 Å². The molecule has 3 aromatic rings. The number of aromatic nitrogens is 1. The Labute approximate surface area is 169 Å². The highest BCUT2D eigenvalue weighted by atomic mass is 79.9. The van der Waals surface area contributed by atoms with E-state index in [9.17, 15) is 0 Å². The molecular formula is C19H18BrN3O3S. The summed E-state index contributed by atoms with van der Waals surface area (Å²) in [5, 5.41) is 6.92. The number of anilines is 1. The van der Waals surface area contributed by atoms with E-state index in [4.69, 9.17) is 14.2 Å². The van der Waals surface area contributed by atoms with Crippen LogP contribution in [-0.2, 0) is 0 Å². The van der Waals surface area contributed by atoms with Gasteiger partial charge in [-0.1, -0.05) is 28.1 Å². The van der Waals surface area contributed by atoms with Crippen molar-refractivity contribution in [3.8, 4) is 28.5 Å². The van der Waals surface area contributed by atoms with Crippen molar-refractivity contribution < 1.29 is 14.2 Å². The van der Waals surface area contributed by atoms with Crippen molar-refractivity contribution in [1.82, 2.24) is 4.98 Å². The number of halogens is 1. The maximum absolute atomic E-state index is 5.42. The number of hydrogen-bond donors (Lipinski definition) is 1. The molecule has 0 amide bonds. The zero-order valence-electron chi connectivity index (χ0n) is 15.0. The highest BCUT2D eigenvalue weighted by Gasteiger charge is 2.10. The maximum atomic E-state index is 5.42. The molecule has 1 aromatic heterocycles. The third kappa shape index (κ3) is 4.58. The van der Waals surface area contributed by atoms with Gasteiger partial charge in [-0.05, 0) is 24.3 Å². The van der Waals surface area contributed by atoms with Gasteiger partial charge in [0.1, 0.15) is 5.75 Å². The molecule has 0 aliphatic carbocycles. The lowest BCUT2D eigenvalue weighted by atomic mass is 10.2. The Kier molecular flexibility index (Phi) is 6.31. The Bertz CT molecular complexity index is 959. The summed E-state index contributed by atoms with van der Waals surface area (Å²) in [5.41, 5.74) is 5.58. The third-order valence-corrected chi connectivity index (χ3v) is 4.91. The summed E-state index contributed by atoms with van der Waals surface area (Å²) in [4.78, 5) is 4.55. The maximum Gasteiger partial charge on any atom is 0.203 e. The number of ether oxygens (including phenoxy) is 3. The van der Waals surface area contributed by atoms with Gasteiger partial charge in [0, 0.05) is 21.0 Å². The molecule has 0 fully saturated rings. The van der Waals surface area contributed by atoms with E-state index >= 15 is 0 Å². The molecule has 3 rings (SSSR count). The highest BCUT2D eigenvalue weighted by Crippen LogP contribution is 2.33. The summed E-state index contributed by atoms with van der Waals surface area (Å²) >= 11 is 4.93. The summed E-state index contributed by atoms with van der Waals surface area (Å²) in [6.45, 7) is 0. The van der Waals surface area contributed by atoms with E-state index in [0.717, 1.165) is 27.0 Å². The highest BCUT2D eigenvalue weighted by molar-refractivity contribution is 9.10. The van der Waals surface area contributed by atoms with E-state index in [1.165, 1.54) is 11.3 Å². The molecule has 0 atom stereocenters. The SMILES string of the molecule is COc1cccc(-c2csc(N/N=C\c3cc(Br)cc(OC)c3OC)n2)c1. The molecule has 0 radical (unpaired) electrons. The number of hydrogen-bond acceptors (Lipinski definition) is 7. The summed E-state index contributed by atoms with van der Waals surface area (Å²) in [6, 6.07) is 11.5. The predicted octanol–water partition coefficient (Wildman–Crippen LogP) is 5.04. The first-order chi connectivity index (χ1) is 13.1. The second-order valence-corrected chi connectivity index (χ2v) is 7.14. The minimum Gasteiger partial charge on any atom is -0.497 e. The van der Waals surface area contributed by atoms with Crippen LogP contribution in [0.5, 0.6) is 17.2 Å². The van der Waals surface area contributed by atoms with Crippen LogP contribution in [0.15, 0.2) is 51.4 Å². The van der Waals surface area contributed by atoms with E-state index in [0.29, 0.717) is 16.6 Å². The minimum atomic E-state index is 0.613. The molecule has 0 aliphatic heterocycles. The molecule has 0 aliphatic rings. The molecule has 0 spiro atoms. The van der Waals surface area contributed by atoms with Gasteiger partial charge in [-0.3, -0.25) is 5.43 Å². The van der Waals surface area contributed by atoms with Crippen molar-refractivity contribution in [3.63, 3.8) is 0 Å². The van der Waals surface area contributed by atoms with Gasteiger partial charge in [-0.15, -0.1) is 11.3 Å². The van der Waals surface area contributed by atoms with Gasteiger partial charge in [0.25, 0.3) is 0 Å². The van der Waals surface area contributed by atoms with Gasteiger partial charge in [0.2, 0.25) is 5.13 Å². The molecule has 8 heteroatoms. The fourth-order valence-corrected chi connectivity index (χ4v) is 3.57. The Hall–Kier alpha value is -2.58. The average molecular weight is 448 g/mol. The van der Waals surface area contributed by atoms with Crippen LogP contribution in [0.2, 0.25) is 0 Å². The number of nitrogens with zero attached hydrogens (tertiary/aromatic N) is 2. The molecule has 27 heavy (non-hydrogen) atoms. The molecule has 6 nitrogen and oxygen atoms in total. The fourth-order valence-electron chi connectivity index (χ4n) is 2.45. The number of thiazole rings is 1. The first-order valence-electron chi connectivity index (χ1n) is 7.95. The normalized spacial score (nSPS) is 10.8. The molecule has 0 unspecified atom stereocenters. The van der Waals surface area contributed by atoms with Crippen LogP contribution in [0.25, 0.3) is 11.3 Å². The zero-order chi connectivity index (χ0) is 19.2. The topological polar surface area (TPSA) is 65.0 Å². The lowest BCUT2D eigenvalue weighted by Crippen LogP contribution is -1.97. The van der Waals surface area contributed by atoms with E-state index in [1.807, 2.05) is 41.8 Å². The zero-order valence-corrected chi connectivity index (χ0v) is 17.4. The van der Waals surface area contributed by atoms with Crippen LogP contribution in [0, 0.1) is 0 Å². The lowest BCUT2D eigenvalue weighted by molar-refractivity contribution is 0.354. The quantitative estimate of drug-likeness (QED) is 0.405. The Morgan fingerprint density at radius 3 is 2.70 bits per heavy atom. The van der Waals surface area contributed by atoms with Crippen molar-refractivity contribution in [3.05, 3.63) is 51.8 Å². The lowest BCUT2D eigenvalue weighted by Gasteiger charge is -2.10. The van der Waals surface area contributed by atoms with Crippen LogP contribution in [0.4, 0.5) is 5.13 Å². The van der Waals surface area contributed by atoms with E-state index in [2.05, 4.69) is 31.4 Å². The van der Waals surface area contributed by atoms with Crippen LogP contribution in [0.1, 0.15) is 5.56 Å². The second kappa shape index (κ2) is 8.88. The predicted molar refractivity (Wildman–Crippen MR) is 113 cm³/mol. The molecule has 0 saturated heterocycles. The number of methoxy groups -OCH3 is 3. The van der Waals surface area contributed by atoms with Gasteiger partial charge in [-0.2, -0.15) is 5.10 Å². The van der Waals surface area contributed by atoms with Gasteiger partial charge in [0.15, 0.2) is 11.5 Å². The van der Waals surface area contributed by atoms with Crippen molar-refractivity contribution >= 4 is 38.6 Å². The monoisotopic (exact) mass is 447 g/mol. The van der Waals surface area contributed by atoms with Crippen LogP contribution >= 0.6 is 27.3 Å². The number of hydrazone groups is 1. The molecule has 0 bridgehead atoms. The van der Waals surface area contributed by atoms with E-state index in [1.54, 1.807) is 27.5 Å². The number of rotatable bonds is 7. The van der Waals surface area contributed by atoms with Crippen LogP contribution in [-0.4, -0.2) is 32.5 Å². The van der Waals surface area contributed by atoms with Gasteiger partial charge < -0.3 is 14.2 Å². The molecule has 2 aromatic carbocycles. The van der Waals surface area contributed by atoms with Gasteiger partial charge in [0.05, 0.1) is 33.2 Å². The Balaban J connectivity index is 1.76. The van der Waals surface area contributed by atoms with Gasteiger partial charge >= 0.3 is 0 Å². The molecule has 1 heterocycles. The summed E-state index contributed by atoms with van der Waals surface area (Å²) in [5.74, 6) is 2.04. The first kappa shape index (κ1) is 19.2. The average Bonchev–Trinajstić information content (AvgIpc) is 3.16. The van der Waals surface area contributed by atoms with E-state index in [-0.39, 0.29) is 0 Å². The molecule has 1 N–H and O–H groups in total. The largest absolute Gasteiger partial charge is 0.497 e. The summed E-state index contributed by atoms with van der Waals surface area (Å²) in [6.07, 6.45) is 1.67. The molecular weight excluding hydrogens is 430 g/mol. The Morgan fingerprint density at radius 1 is 1.11 bits per heavy atom. The first-order valence-corrected chi connectivity index (χ1v) is 9.62. The van der Waals surface area contributed by atoms with Crippen molar-refractivity contribution in [2.75, 3.05) is 26.8 Å². The standard InChI is InChI=1S/C19H18BrN3O3S/c1-24-15-6-4-5-12(8-15)16-11-27-19(22-16)23-21-10-13-7-14(20)9-17(25-2)18(13)26-3/h4-11H,1-3H3,(H,22,23)/b21-10-. The van der Waals surface area contributed by atoms with E-state index < -0.39 is 0 Å². The van der Waals surface area contributed by atoms with Crippen LogP contribution in [0.3, 0.4) is 0 Å². The number of nitrogens with one attached hydrogen (secondary N) is 1. The van der Waals surface area contributed by atoms with Crippen molar-refractivity contribution in [2.45, 2.75) is 0 Å². The third-order valence-electron chi connectivity index (χ3n) is 3.71. The summed E-state index contributed by atoms with van der Waals surface area (Å²) < 4.78 is 16.9. The fraction of sp³-hybridized carbons (Fsp3) is 0.158. The smallest absolute Gasteiger partial charge is 0.203 e. The van der Waals surface area contributed by atoms with Crippen molar-refractivity contribution in [1.29, 1.82) is 0 Å².